The number of ether oxygens (including phenoxy) is 4. The van der Waals surface area contributed by atoms with Crippen LogP contribution in [-0.2, 0) is 23.7 Å². The number of carbonyl (C=O) groups is 2. The van der Waals surface area contributed by atoms with E-state index in [4.69, 9.17) is 18.9 Å². The minimum atomic E-state index is -1.17. The van der Waals surface area contributed by atoms with Crippen LogP contribution in [-0.4, -0.2) is 46.9 Å². The molecule has 6 bridgehead atoms. The van der Waals surface area contributed by atoms with Gasteiger partial charge in [0.05, 0.1) is 11.0 Å². The van der Waals surface area contributed by atoms with Crippen LogP contribution < -0.4 is 0 Å². The van der Waals surface area contributed by atoms with Crippen molar-refractivity contribution in [1.82, 2.24) is 0 Å². The lowest BCUT2D eigenvalue weighted by Crippen LogP contribution is -2.79. The average molecular weight is 360 g/mol. The molecule has 7 nitrogen and oxygen atoms in total. The van der Waals surface area contributed by atoms with E-state index in [1.54, 1.807) is 31.2 Å². The molecule has 0 amide bonds. The lowest BCUT2D eigenvalue weighted by atomic mass is 9.41. The first-order chi connectivity index (χ1) is 12.3. The third-order valence-corrected chi connectivity index (χ3v) is 6.74. The summed E-state index contributed by atoms with van der Waals surface area (Å²) in [6.45, 7) is 3.09. The highest BCUT2D eigenvalue weighted by Gasteiger charge is 2.94. The van der Waals surface area contributed by atoms with Gasteiger partial charge in [-0.3, -0.25) is 4.79 Å². The van der Waals surface area contributed by atoms with E-state index in [0.29, 0.717) is 12.0 Å². The van der Waals surface area contributed by atoms with E-state index in [0.717, 1.165) is 0 Å². The van der Waals surface area contributed by atoms with Crippen molar-refractivity contribution in [2.45, 2.75) is 50.0 Å². The van der Waals surface area contributed by atoms with Gasteiger partial charge in [-0.2, -0.15) is 0 Å². The summed E-state index contributed by atoms with van der Waals surface area (Å²) in [5, 5.41) is 11.3. The molecule has 1 N–H and O–H groups in total. The molecule has 3 saturated carbocycles. The third kappa shape index (κ3) is 1.60. The molecule has 7 rings (SSSR count). The van der Waals surface area contributed by atoms with Crippen LogP contribution in [0.1, 0.15) is 37.0 Å². The summed E-state index contributed by atoms with van der Waals surface area (Å²) in [7, 11) is 0. The second-order valence-electron chi connectivity index (χ2n) is 7.98. The Kier molecular flexibility index (Phi) is 2.91. The van der Waals surface area contributed by atoms with Gasteiger partial charge in [-0.05, 0) is 25.5 Å². The molecule has 0 unspecified atom stereocenters. The van der Waals surface area contributed by atoms with Crippen LogP contribution in [0.3, 0.4) is 0 Å². The van der Waals surface area contributed by atoms with Crippen molar-refractivity contribution < 1.29 is 33.6 Å². The summed E-state index contributed by atoms with van der Waals surface area (Å²) < 4.78 is 23.0. The van der Waals surface area contributed by atoms with Gasteiger partial charge in [0.1, 0.15) is 17.8 Å². The van der Waals surface area contributed by atoms with E-state index < -0.39 is 40.6 Å². The molecule has 138 valence electrons. The fourth-order valence-electron chi connectivity index (χ4n) is 5.60. The highest BCUT2D eigenvalue weighted by atomic mass is 16.8. The predicted molar refractivity (Wildman–Crippen MR) is 85.7 cm³/mol. The van der Waals surface area contributed by atoms with Crippen LogP contribution in [0.25, 0.3) is 0 Å². The molecular formula is C19H20O7. The molecule has 3 saturated heterocycles. The number of rotatable bonds is 4. The van der Waals surface area contributed by atoms with E-state index in [2.05, 4.69) is 0 Å². The Morgan fingerprint density at radius 3 is 2.69 bits per heavy atom. The molecule has 6 atom stereocenters. The van der Waals surface area contributed by atoms with E-state index in [1.165, 1.54) is 6.92 Å². The van der Waals surface area contributed by atoms with Gasteiger partial charge in [0.15, 0.2) is 6.29 Å². The molecule has 3 aliphatic heterocycles. The Hall–Kier alpha value is -1.96. The summed E-state index contributed by atoms with van der Waals surface area (Å²) in [6, 6.07) is 8.67. The molecule has 3 heterocycles. The van der Waals surface area contributed by atoms with Crippen LogP contribution in [0.15, 0.2) is 30.3 Å². The minimum absolute atomic E-state index is 0.0504. The number of esters is 2. The van der Waals surface area contributed by atoms with Crippen molar-refractivity contribution in [3.63, 3.8) is 0 Å². The monoisotopic (exact) mass is 360 g/mol. The van der Waals surface area contributed by atoms with Crippen LogP contribution in [0.4, 0.5) is 0 Å². The summed E-state index contributed by atoms with van der Waals surface area (Å²) in [5.41, 5.74) is -2.56. The Morgan fingerprint density at radius 2 is 2.00 bits per heavy atom. The molecule has 6 aliphatic rings. The molecule has 6 fully saturated rings. The first kappa shape index (κ1) is 16.2. The zero-order chi connectivity index (χ0) is 18.4. The number of hydrogen-bond acceptors (Lipinski definition) is 7. The first-order valence-corrected chi connectivity index (χ1v) is 8.76. The third-order valence-electron chi connectivity index (χ3n) is 6.74. The first-order valence-electron chi connectivity index (χ1n) is 8.76. The highest BCUT2D eigenvalue weighted by Crippen LogP contribution is 2.81. The molecule has 0 spiro atoms. The van der Waals surface area contributed by atoms with Crippen LogP contribution >= 0.6 is 0 Å². The molecule has 1 aromatic rings. The second kappa shape index (κ2) is 4.65. The van der Waals surface area contributed by atoms with Gasteiger partial charge >= 0.3 is 11.9 Å². The molecule has 7 heteroatoms. The lowest BCUT2D eigenvalue weighted by Gasteiger charge is -2.65. The van der Waals surface area contributed by atoms with Crippen molar-refractivity contribution >= 4 is 11.9 Å². The average Bonchev–Trinajstić information content (AvgIpc) is 2.78. The normalized spacial score (nSPS) is 46.7. The van der Waals surface area contributed by atoms with E-state index in [-0.39, 0.29) is 18.9 Å². The molecule has 1 aromatic carbocycles. The zero-order valence-corrected chi connectivity index (χ0v) is 14.6. The maximum absolute atomic E-state index is 12.4. The van der Waals surface area contributed by atoms with Gasteiger partial charge in [-0.15, -0.1) is 0 Å². The fraction of sp³-hybridized carbons (Fsp3) is 0.579. The SMILES string of the molecule is CC(=O)O[C@]12C[C@]3(C)O[C@H](O1)[C@]1(COC(=O)c4ccccc4)[C@H]2C[C@@]13O. The Labute approximate surface area is 150 Å². The Morgan fingerprint density at radius 1 is 1.27 bits per heavy atom. The topological polar surface area (TPSA) is 91.3 Å². The van der Waals surface area contributed by atoms with Gasteiger partial charge in [0.2, 0.25) is 5.79 Å². The maximum Gasteiger partial charge on any atom is 0.338 e. The fourth-order valence-corrected chi connectivity index (χ4v) is 5.60. The van der Waals surface area contributed by atoms with Crippen LogP contribution in [0, 0.1) is 11.3 Å². The molecule has 3 aliphatic carbocycles. The van der Waals surface area contributed by atoms with Gasteiger partial charge in [-0.25, -0.2) is 4.79 Å². The largest absolute Gasteiger partial charge is 0.461 e. The summed E-state index contributed by atoms with van der Waals surface area (Å²) in [5.74, 6) is -2.30. The van der Waals surface area contributed by atoms with Crippen molar-refractivity contribution in [2.24, 2.45) is 11.3 Å². The number of aliphatic hydroxyl groups is 1. The summed E-state index contributed by atoms with van der Waals surface area (Å²) >= 11 is 0. The van der Waals surface area contributed by atoms with Gasteiger partial charge < -0.3 is 24.1 Å². The van der Waals surface area contributed by atoms with Crippen molar-refractivity contribution in [2.75, 3.05) is 6.61 Å². The molecule has 26 heavy (non-hydrogen) atoms. The minimum Gasteiger partial charge on any atom is -0.461 e. The number of hydrogen-bond donors (Lipinski definition) is 1. The highest BCUT2D eigenvalue weighted by molar-refractivity contribution is 5.89. The van der Waals surface area contributed by atoms with Crippen molar-refractivity contribution in [1.29, 1.82) is 0 Å². The Balaban J connectivity index is 1.45. The smallest absolute Gasteiger partial charge is 0.338 e. The van der Waals surface area contributed by atoms with E-state index in [9.17, 15) is 14.7 Å². The standard InChI is InChI=1S/C19H20O7/c1-11(20)24-18-9-16(2)19(22)8-13(18)17(19,15(25-16)26-18)10-23-14(21)12-6-4-3-5-7-12/h3-7,13,15,22H,8-10H2,1-2H3/t13-,15-,16+,17+,18-,19+/m1/s1. The lowest BCUT2D eigenvalue weighted by molar-refractivity contribution is -0.384. The summed E-state index contributed by atoms with van der Waals surface area (Å²) in [6.07, 6.45) is -0.116. The second-order valence-corrected chi connectivity index (χ2v) is 7.98. The quantitative estimate of drug-likeness (QED) is 0.811. The van der Waals surface area contributed by atoms with Crippen LogP contribution in [0.2, 0.25) is 0 Å². The summed E-state index contributed by atoms with van der Waals surface area (Å²) in [4.78, 5) is 24.0. The van der Waals surface area contributed by atoms with E-state index >= 15 is 0 Å². The maximum atomic E-state index is 12.4. The predicted octanol–water partition coefficient (Wildman–Crippen LogP) is 1.39. The van der Waals surface area contributed by atoms with Gasteiger partial charge in [0, 0.05) is 19.3 Å². The molecule has 0 radical (unpaired) electrons. The molecular weight excluding hydrogens is 340 g/mol. The van der Waals surface area contributed by atoms with Crippen molar-refractivity contribution in [3.05, 3.63) is 35.9 Å². The number of benzene rings is 1. The zero-order valence-electron chi connectivity index (χ0n) is 14.6. The van der Waals surface area contributed by atoms with Crippen molar-refractivity contribution in [3.8, 4) is 0 Å². The number of carbonyl (C=O) groups excluding carboxylic acids is 2. The Bertz CT molecular complexity index is 809. The van der Waals surface area contributed by atoms with Gasteiger partial charge in [-0.1, -0.05) is 18.2 Å². The van der Waals surface area contributed by atoms with Gasteiger partial charge in [0.25, 0.3) is 0 Å². The van der Waals surface area contributed by atoms with Crippen LogP contribution in [0.5, 0.6) is 0 Å². The molecule has 0 aromatic heterocycles. The van der Waals surface area contributed by atoms with E-state index in [1.807, 2.05) is 6.07 Å².